The summed E-state index contributed by atoms with van der Waals surface area (Å²) in [5.74, 6) is -0.0589. The van der Waals surface area contributed by atoms with Crippen LogP contribution in [-0.4, -0.2) is 81.8 Å². The molecule has 4 aromatic rings. The van der Waals surface area contributed by atoms with Crippen LogP contribution in [0.15, 0.2) is 54.6 Å². The van der Waals surface area contributed by atoms with E-state index >= 15 is 0 Å². The van der Waals surface area contributed by atoms with Gasteiger partial charge in [-0.2, -0.15) is 0 Å². The number of carbonyl (C=O) groups is 3. The van der Waals surface area contributed by atoms with Crippen LogP contribution in [0.4, 0.5) is 5.69 Å². The number of amides is 1. The Morgan fingerprint density at radius 1 is 0.392 bits per heavy atom. The molecule has 0 saturated heterocycles. The van der Waals surface area contributed by atoms with Crippen molar-refractivity contribution in [1.29, 1.82) is 0 Å². The Morgan fingerprint density at radius 3 is 1.00 bits per heavy atom. The second-order valence-electron chi connectivity index (χ2n) is 10.2. The van der Waals surface area contributed by atoms with Gasteiger partial charge < -0.3 is 57.4 Å². The average molecular weight is 708 g/mol. The van der Waals surface area contributed by atoms with Gasteiger partial charge in [0.05, 0.1) is 75.1 Å². The third-order valence-corrected chi connectivity index (χ3v) is 7.29. The van der Waals surface area contributed by atoms with Crippen molar-refractivity contribution in [3.8, 4) is 63.2 Å². The quantitative estimate of drug-likeness (QED) is 0.122. The van der Waals surface area contributed by atoms with Gasteiger partial charge in [-0.25, -0.2) is 9.59 Å². The van der Waals surface area contributed by atoms with Crippen LogP contribution in [0.3, 0.4) is 0 Å². The van der Waals surface area contributed by atoms with Crippen LogP contribution in [0, 0.1) is 0 Å². The molecular formula is C36H37NO14. The van der Waals surface area contributed by atoms with E-state index in [9.17, 15) is 14.4 Å². The summed E-state index contributed by atoms with van der Waals surface area (Å²) in [6.07, 6.45) is 0. The van der Waals surface area contributed by atoms with E-state index in [-0.39, 0.29) is 85.6 Å². The first kappa shape index (κ1) is 37.3. The van der Waals surface area contributed by atoms with Crippen LogP contribution < -0.4 is 57.4 Å². The number of benzene rings is 4. The van der Waals surface area contributed by atoms with Gasteiger partial charge in [-0.15, -0.1) is 0 Å². The van der Waals surface area contributed by atoms with Gasteiger partial charge in [0.15, 0.2) is 34.5 Å². The van der Waals surface area contributed by atoms with E-state index < -0.39 is 17.8 Å². The molecular weight excluding hydrogens is 670 g/mol. The van der Waals surface area contributed by atoms with Crippen molar-refractivity contribution in [3.05, 3.63) is 71.3 Å². The molecule has 0 radical (unpaired) electrons. The number of methoxy groups -OCH3 is 9. The van der Waals surface area contributed by atoms with E-state index in [0.29, 0.717) is 0 Å². The van der Waals surface area contributed by atoms with Crippen molar-refractivity contribution >= 4 is 23.5 Å². The predicted molar refractivity (Wildman–Crippen MR) is 183 cm³/mol. The van der Waals surface area contributed by atoms with E-state index in [2.05, 4.69) is 5.32 Å². The van der Waals surface area contributed by atoms with Gasteiger partial charge in [0.2, 0.25) is 17.2 Å². The van der Waals surface area contributed by atoms with E-state index in [4.69, 9.17) is 52.1 Å². The van der Waals surface area contributed by atoms with Crippen molar-refractivity contribution in [2.24, 2.45) is 0 Å². The summed E-state index contributed by atoms with van der Waals surface area (Å²) in [6, 6.07) is 12.5. The number of hydrogen-bond donors (Lipinski definition) is 1. The molecule has 15 nitrogen and oxygen atoms in total. The number of anilines is 1. The lowest BCUT2D eigenvalue weighted by Crippen LogP contribution is -2.17. The number of esters is 2. The lowest BCUT2D eigenvalue weighted by molar-refractivity contribution is 0.0733. The zero-order chi connectivity index (χ0) is 37.2. The Hall–Kier alpha value is -6.51. The molecule has 4 aromatic carbocycles. The zero-order valence-corrected chi connectivity index (χ0v) is 29.4. The third kappa shape index (κ3) is 8.21. The highest BCUT2D eigenvalue weighted by molar-refractivity contribution is 6.07. The second kappa shape index (κ2) is 16.7. The van der Waals surface area contributed by atoms with Gasteiger partial charge in [-0.3, -0.25) is 4.79 Å². The Kier molecular flexibility index (Phi) is 12.2. The predicted octanol–water partition coefficient (Wildman–Crippen LogP) is 5.45. The summed E-state index contributed by atoms with van der Waals surface area (Å²) in [6.45, 7) is 0. The van der Waals surface area contributed by atoms with E-state index in [0.717, 1.165) is 0 Å². The second-order valence-corrected chi connectivity index (χ2v) is 10.2. The normalized spacial score (nSPS) is 10.3. The Bertz CT molecular complexity index is 1750. The van der Waals surface area contributed by atoms with Gasteiger partial charge in [0, 0.05) is 35.5 Å². The number of ether oxygens (including phenoxy) is 11. The molecule has 1 N–H and O–H groups in total. The third-order valence-electron chi connectivity index (χ3n) is 7.29. The molecule has 0 spiro atoms. The fraction of sp³-hybridized carbons (Fsp3) is 0.250. The topological polar surface area (TPSA) is 165 Å². The maximum Gasteiger partial charge on any atom is 0.343 e. The Labute approximate surface area is 293 Å². The number of rotatable bonds is 15. The van der Waals surface area contributed by atoms with Crippen molar-refractivity contribution in [3.63, 3.8) is 0 Å². The summed E-state index contributed by atoms with van der Waals surface area (Å²) >= 11 is 0. The van der Waals surface area contributed by atoms with Crippen LogP contribution in [0.2, 0.25) is 0 Å². The highest BCUT2D eigenvalue weighted by Crippen LogP contribution is 2.42. The molecule has 0 atom stereocenters. The first-order chi connectivity index (χ1) is 24.6. The number of nitrogens with one attached hydrogen (secondary N) is 1. The van der Waals surface area contributed by atoms with Gasteiger partial charge in [0.1, 0.15) is 11.5 Å². The first-order valence-electron chi connectivity index (χ1n) is 14.9. The monoisotopic (exact) mass is 707 g/mol. The summed E-state index contributed by atoms with van der Waals surface area (Å²) in [4.78, 5) is 40.7. The Balaban J connectivity index is 1.76. The Morgan fingerprint density at radius 2 is 0.706 bits per heavy atom. The van der Waals surface area contributed by atoms with Gasteiger partial charge in [-0.05, 0) is 30.3 Å². The maximum absolute atomic E-state index is 13.6. The highest BCUT2D eigenvalue weighted by Gasteiger charge is 2.23. The van der Waals surface area contributed by atoms with E-state index in [1.54, 1.807) is 0 Å². The molecule has 51 heavy (non-hydrogen) atoms. The SMILES string of the molecule is COc1cc(OC(=O)c2cc(NC(=O)c3cc(OC)c(OC)c(OC)c3)cc(C(=O)Oc3cc(OC)c(OC)c(OC)c3)c2)cc(OC)c1OC. The summed E-state index contributed by atoms with van der Waals surface area (Å²) < 4.78 is 59.5. The molecule has 0 saturated carbocycles. The molecule has 0 bridgehead atoms. The molecule has 0 fully saturated rings. The van der Waals surface area contributed by atoms with Crippen LogP contribution in [-0.2, 0) is 0 Å². The van der Waals surface area contributed by atoms with Crippen LogP contribution >= 0.6 is 0 Å². The molecule has 15 heteroatoms. The maximum atomic E-state index is 13.6. The van der Waals surface area contributed by atoms with Crippen molar-refractivity contribution in [2.45, 2.75) is 0 Å². The summed E-state index contributed by atoms with van der Waals surface area (Å²) in [7, 11) is 12.8. The molecule has 0 heterocycles. The van der Waals surface area contributed by atoms with Gasteiger partial charge >= 0.3 is 11.9 Å². The molecule has 0 aliphatic carbocycles. The summed E-state index contributed by atoms with van der Waals surface area (Å²) in [5.41, 5.74) is -0.0760. The molecule has 1 amide bonds. The molecule has 0 aliphatic rings. The minimum absolute atomic E-state index is 0.0444. The molecule has 0 aliphatic heterocycles. The fourth-order valence-corrected chi connectivity index (χ4v) is 4.91. The fourth-order valence-electron chi connectivity index (χ4n) is 4.91. The molecule has 270 valence electrons. The van der Waals surface area contributed by atoms with Crippen molar-refractivity contribution in [2.75, 3.05) is 69.3 Å². The van der Waals surface area contributed by atoms with Gasteiger partial charge in [0.25, 0.3) is 5.91 Å². The molecule has 0 unspecified atom stereocenters. The van der Waals surface area contributed by atoms with Crippen molar-refractivity contribution < 1.29 is 66.5 Å². The number of hydrogen-bond acceptors (Lipinski definition) is 14. The first-order valence-corrected chi connectivity index (χ1v) is 14.9. The lowest BCUT2D eigenvalue weighted by Gasteiger charge is -2.16. The average Bonchev–Trinajstić information content (AvgIpc) is 3.15. The minimum Gasteiger partial charge on any atom is -0.493 e. The van der Waals surface area contributed by atoms with Crippen LogP contribution in [0.25, 0.3) is 0 Å². The zero-order valence-electron chi connectivity index (χ0n) is 29.4. The van der Waals surface area contributed by atoms with Crippen LogP contribution in [0.1, 0.15) is 31.1 Å². The molecule has 4 rings (SSSR count). The van der Waals surface area contributed by atoms with E-state index in [1.165, 1.54) is 119 Å². The smallest absolute Gasteiger partial charge is 0.343 e. The summed E-state index contributed by atoms with van der Waals surface area (Å²) in [5, 5.41) is 2.70. The highest BCUT2D eigenvalue weighted by atomic mass is 16.6. The minimum atomic E-state index is -0.894. The molecule has 0 aromatic heterocycles. The van der Waals surface area contributed by atoms with E-state index in [1.807, 2.05) is 0 Å². The van der Waals surface area contributed by atoms with Crippen molar-refractivity contribution in [1.82, 2.24) is 0 Å². The van der Waals surface area contributed by atoms with Gasteiger partial charge in [-0.1, -0.05) is 0 Å². The lowest BCUT2D eigenvalue weighted by atomic mass is 10.1. The standard InChI is InChI=1S/C36H37NO14/c1-41-25-13-19(14-26(42-2)31(25)47-7)34(38)37-22-11-20(35(39)50-23-15-27(43-3)32(48-8)28(16-23)44-4)10-21(12-22)36(40)51-24-17-29(45-5)33(49-9)30(18-24)46-6/h10-18H,1-9H3,(H,37,38). The number of carbonyl (C=O) groups excluding carboxylic acids is 3. The van der Waals surface area contributed by atoms with Crippen LogP contribution in [0.5, 0.6) is 63.2 Å². The largest absolute Gasteiger partial charge is 0.493 e.